The highest BCUT2D eigenvalue weighted by Gasteiger charge is 2.33. The standard InChI is InChI=1S/C34H38FN7O7/c1-22(41(28-14-13-25(47-2)21-29(28)48-3)33(45)37-24-11-9-23(35)10-12-24)31-38-27-8-6-5-7-26(27)32(44)42(31)40-19-17-39(18-20-40)30(43)15-16-36-34(46)49-4/h5-14,21-22H,15-20H2,1-4H3,(H,36,46)(H,37,45). The van der Waals surface area contributed by atoms with E-state index in [0.717, 1.165) is 0 Å². The van der Waals surface area contributed by atoms with Gasteiger partial charge in [-0.3, -0.25) is 14.5 Å². The maximum atomic E-state index is 14.2. The number of nitrogens with one attached hydrogen (secondary N) is 2. The highest BCUT2D eigenvalue weighted by Crippen LogP contribution is 2.37. The van der Waals surface area contributed by atoms with Crippen molar-refractivity contribution in [3.8, 4) is 11.5 Å². The first-order valence-corrected chi connectivity index (χ1v) is 15.6. The summed E-state index contributed by atoms with van der Waals surface area (Å²) in [5, 5.41) is 7.52. The van der Waals surface area contributed by atoms with Crippen LogP contribution in [0.3, 0.4) is 0 Å². The van der Waals surface area contributed by atoms with E-state index in [9.17, 15) is 23.6 Å². The minimum absolute atomic E-state index is 0.0939. The van der Waals surface area contributed by atoms with Crippen LogP contribution in [0.2, 0.25) is 0 Å². The molecule has 4 aromatic rings. The Morgan fingerprint density at radius 2 is 1.67 bits per heavy atom. The number of alkyl carbamates (subject to hydrolysis) is 1. The summed E-state index contributed by atoms with van der Waals surface area (Å²) in [5.74, 6) is 0.483. The van der Waals surface area contributed by atoms with Gasteiger partial charge in [-0.15, -0.1) is 0 Å². The number of hydrogen-bond donors (Lipinski definition) is 2. The summed E-state index contributed by atoms with van der Waals surface area (Å²) in [5.41, 5.74) is 0.816. The van der Waals surface area contributed by atoms with Gasteiger partial charge >= 0.3 is 12.1 Å². The zero-order valence-electron chi connectivity index (χ0n) is 27.6. The van der Waals surface area contributed by atoms with E-state index in [0.29, 0.717) is 60.0 Å². The van der Waals surface area contributed by atoms with Gasteiger partial charge < -0.3 is 34.8 Å². The maximum absolute atomic E-state index is 14.2. The number of fused-ring (bicyclic) bond motifs is 1. The molecule has 258 valence electrons. The third-order valence-electron chi connectivity index (χ3n) is 8.19. The second kappa shape index (κ2) is 15.4. The lowest BCUT2D eigenvalue weighted by Gasteiger charge is -2.39. The monoisotopic (exact) mass is 675 g/mol. The highest BCUT2D eigenvalue weighted by atomic mass is 19.1. The molecule has 0 bridgehead atoms. The number of rotatable bonds is 10. The molecule has 2 heterocycles. The van der Waals surface area contributed by atoms with E-state index < -0.39 is 24.0 Å². The van der Waals surface area contributed by atoms with Crippen molar-refractivity contribution in [3.05, 3.63) is 88.7 Å². The molecule has 49 heavy (non-hydrogen) atoms. The summed E-state index contributed by atoms with van der Waals surface area (Å²) in [7, 11) is 4.23. The largest absolute Gasteiger partial charge is 0.497 e. The molecule has 0 spiro atoms. The van der Waals surface area contributed by atoms with E-state index >= 15 is 0 Å². The van der Waals surface area contributed by atoms with Gasteiger partial charge in [0.1, 0.15) is 17.3 Å². The molecule has 5 rings (SSSR count). The second-order valence-electron chi connectivity index (χ2n) is 11.1. The zero-order valence-corrected chi connectivity index (χ0v) is 27.6. The number of carbonyl (C=O) groups excluding carboxylic acids is 3. The van der Waals surface area contributed by atoms with Crippen LogP contribution in [0.15, 0.2) is 71.5 Å². The lowest BCUT2D eigenvalue weighted by Crippen LogP contribution is -2.57. The van der Waals surface area contributed by atoms with Crippen molar-refractivity contribution in [2.24, 2.45) is 0 Å². The van der Waals surface area contributed by atoms with Gasteiger partial charge in [0.25, 0.3) is 5.56 Å². The number of para-hydroxylation sites is 1. The number of nitrogens with zero attached hydrogens (tertiary/aromatic N) is 5. The second-order valence-corrected chi connectivity index (χ2v) is 11.1. The average molecular weight is 676 g/mol. The fourth-order valence-electron chi connectivity index (χ4n) is 5.64. The van der Waals surface area contributed by atoms with Crippen molar-refractivity contribution < 1.29 is 33.0 Å². The summed E-state index contributed by atoms with van der Waals surface area (Å²) in [6, 6.07) is 15.8. The van der Waals surface area contributed by atoms with Crippen LogP contribution < -0.4 is 35.6 Å². The highest BCUT2D eigenvalue weighted by molar-refractivity contribution is 6.03. The number of methoxy groups -OCH3 is 3. The Morgan fingerprint density at radius 1 is 0.959 bits per heavy atom. The summed E-state index contributed by atoms with van der Waals surface area (Å²) >= 11 is 0. The SMILES string of the molecule is COC(=O)NCCC(=O)N1CCN(n2c(C(C)N(C(=O)Nc3ccc(F)cc3)c3ccc(OC)cc3OC)nc3ccccc3c2=O)CC1. The molecular formula is C34H38FN7O7. The van der Waals surface area contributed by atoms with Gasteiger partial charge in [0.2, 0.25) is 5.91 Å². The number of hydrogen-bond acceptors (Lipinski definition) is 9. The van der Waals surface area contributed by atoms with Crippen molar-refractivity contribution in [2.75, 3.05) is 69.3 Å². The molecule has 1 aromatic heterocycles. The fraction of sp³-hybridized carbons (Fsp3) is 0.324. The Hall–Kier alpha value is -5.86. The topological polar surface area (TPSA) is 148 Å². The predicted octanol–water partition coefficient (Wildman–Crippen LogP) is 3.88. The number of carbonyl (C=O) groups is 3. The van der Waals surface area contributed by atoms with Gasteiger partial charge in [-0.05, 0) is 55.5 Å². The molecular weight excluding hydrogens is 637 g/mol. The Kier molecular flexibility index (Phi) is 10.8. The first-order valence-electron chi connectivity index (χ1n) is 15.6. The molecule has 1 fully saturated rings. The molecule has 14 nitrogen and oxygen atoms in total. The van der Waals surface area contributed by atoms with Crippen molar-refractivity contribution in [1.29, 1.82) is 0 Å². The summed E-state index contributed by atoms with van der Waals surface area (Å²) < 4.78 is 30.8. The van der Waals surface area contributed by atoms with Crippen LogP contribution in [0.4, 0.5) is 25.4 Å². The summed E-state index contributed by atoms with van der Waals surface area (Å²) in [6.45, 7) is 3.09. The lowest BCUT2D eigenvalue weighted by molar-refractivity contribution is -0.131. The third-order valence-corrected chi connectivity index (χ3v) is 8.19. The molecule has 1 aliphatic rings. The lowest BCUT2D eigenvalue weighted by atomic mass is 10.1. The third kappa shape index (κ3) is 7.66. The maximum Gasteiger partial charge on any atom is 0.406 e. The van der Waals surface area contributed by atoms with Crippen molar-refractivity contribution >= 4 is 40.3 Å². The number of amides is 4. The number of ether oxygens (including phenoxy) is 3. The summed E-state index contributed by atoms with van der Waals surface area (Å²) in [6.07, 6.45) is -0.522. The Balaban J connectivity index is 1.53. The molecule has 1 aliphatic heterocycles. The van der Waals surface area contributed by atoms with Crippen LogP contribution in [0.25, 0.3) is 10.9 Å². The van der Waals surface area contributed by atoms with Crippen LogP contribution in [0.5, 0.6) is 11.5 Å². The van der Waals surface area contributed by atoms with Crippen molar-refractivity contribution in [2.45, 2.75) is 19.4 Å². The van der Waals surface area contributed by atoms with Gasteiger partial charge in [-0.2, -0.15) is 0 Å². The Labute approximate surface area is 281 Å². The first kappa shape index (κ1) is 34.5. The van der Waals surface area contributed by atoms with Crippen LogP contribution in [-0.4, -0.2) is 86.6 Å². The number of halogens is 1. The van der Waals surface area contributed by atoms with E-state index in [1.54, 1.807) is 54.3 Å². The molecule has 0 aliphatic carbocycles. The minimum Gasteiger partial charge on any atom is -0.497 e. The molecule has 0 saturated carbocycles. The van der Waals surface area contributed by atoms with Crippen LogP contribution in [0.1, 0.15) is 25.2 Å². The van der Waals surface area contributed by atoms with Gasteiger partial charge in [-0.1, -0.05) is 12.1 Å². The number of aromatic nitrogens is 2. The molecule has 2 N–H and O–H groups in total. The normalized spacial score (nSPS) is 13.4. The van der Waals surface area contributed by atoms with Crippen LogP contribution in [-0.2, 0) is 9.53 Å². The number of benzene rings is 3. The van der Waals surface area contributed by atoms with E-state index in [1.165, 1.54) is 55.2 Å². The first-order chi connectivity index (χ1) is 23.6. The fourth-order valence-corrected chi connectivity index (χ4v) is 5.64. The number of anilines is 2. The smallest absolute Gasteiger partial charge is 0.406 e. The molecule has 4 amide bonds. The Morgan fingerprint density at radius 3 is 2.35 bits per heavy atom. The summed E-state index contributed by atoms with van der Waals surface area (Å²) in [4.78, 5) is 60.6. The number of piperazine rings is 1. The van der Waals surface area contributed by atoms with Gasteiger partial charge in [0, 0.05) is 37.8 Å². The minimum atomic E-state index is -0.871. The average Bonchev–Trinajstić information content (AvgIpc) is 3.12. The molecule has 3 aromatic carbocycles. The predicted molar refractivity (Wildman–Crippen MR) is 181 cm³/mol. The Bertz CT molecular complexity index is 1880. The van der Waals surface area contributed by atoms with Crippen molar-refractivity contribution in [3.63, 3.8) is 0 Å². The molecule has 15 heteroatoms. The quantitative estimate of drug-likeness (QED) is 0.256. The van der Waals surface area contributed by atoms with Gasteiger partial charge in [0.05, 0.1) is 57.1 Å². The van der Waals surface area contributed by atoms with Crippen molar-refractivity contribution in [1.82, 2.24) is 19.9 Å². The molecule has 0 radical (unpaired) electrons. The number of urea groups is 1. The van der Waals surface area contributed by atoms with Crippen LogP contribution >= 0.6 is 0 Å². The van der Waals surface area contributed by atoms with E-state index in [2.05, 4.69) is 15.4 Å². The van der Waals surface area contributed by atoms with Gasteiger partial charge in [0.15, 0.2) is 5.82 Å². The molecule has 1 unspecified atom stereocenters. The molecule has 1 saturated heterocycles. The van der Waals surface area contributed by atoms with Gasteiger partial charge in [-0.25, -0.2) is 23.6 Å². The zero-order chi connectivity index (χ0) is 35.1. The van der Waals surface area contributed by atoms with E-state index in [1.807, 2.05) is 5.01 Å². The van der Waals surface area contributed by atoms with Crippen LogP contribution in [0, 0.1) is 5.82 Å². The van der Waals surface area contributed by atoms with E-state index in [4.69, 9.17) is 14.5 Å². The molecule has 1 atom stereocenters. The van der Waals surface area contributed by atoms with E-state index in [-0.39, 0.29) is 30.3 Å².